The van der Waals surface area contributed by atoms with Crippen molar-refractivity contribution in [1.82, 2.24) is 0 Å². The fourth-order valence-electron chi connectivity index (χ4n) is 3.92. The number of Topliss-reactive ketones (excluding diaryl/α,β-unsaturated/α-hetero) is 1. The van der Waals surface area contributed by atoms with Crippen LogP contribution >= 0.6 is 26.2 Å². The summed E-state index contributed by atoms with van der Waals surface area (Å²) in [5.74, 6) is 0.324. The molecule has 1 unspecified atom stereocenters. The van der Waals surface area contributed by atoms with Crippen LogP contribution in [0.3, 0.4) is 0 Å². The molecule has 3 heteroatoms. The smallest absolute Gasteiger partial charge is 0.136 e. The lowest BCUT2D eigenvalue weighted by Crippen LogP contribution is -2.29. The molecule has 1 nitrogen and oxygen atoms in total. The minimum atomic E-state index is -0.201. The summed E-state index contributed by atoms with van der Waals surface area (Å²) >= 11 is 0. The highest BCUT2D eigenvalue weighted by atomic mass is 79.9. The van der Waals surface area contributed by atoms with Crippen LogP contribution in [-0.4, -0.2) is 11.9 Å². The first-order valence-electron chi connectivity index (χ1n) is 9.66. The monoisotopic (exact) mass is 454 g/mol. The number of ketones is 1. The molecule has 0 N–H and O–H groups in total. The van der Waals surface area contributed by atoms with E-state index >= 15 is 0 Å². The molecule has 0 spiro atoms. The molecule has 0 bridgehead atoms. The number of carbonyl (C=O) groups excluding carboxylic acids is 1. The summed E-state index contributed by atoms with van der Waals surface area (Å²) in [6.45, 7) is 0. The van der Waals surface area contributed by atoms with Crippen molar-refractivity contribution in [3.8, 4) is 0 Å². The maximum Gasteiger partial charge on any atom is 0.136 e. The van der Waals surface area contributed by atoms with Gasteiger partial charge in [0.25, 0.3) is 0 Å². The van der Waals surface area contributed by atoms with Gasteiger partial charge >= 0.3 is 0 Å². The fraction of sp³-hybridized carbons (Fsp3) is 0.240. The van der Waals surface area contributed by atoms with Gasteiger partial charge in [-0.15, -0.1) is 26.2 Å². The Morgan fingerprint density at radius 2 is 1.07 bits per heavy atom. The second kappa shape index (κ2) is 11.3. The number of carbonyl (C=O) groups is 1. The molecule has 1 atom stereocenters. The Morgan fingerprint density at radius 3 is 1.43 bits per heavy atom. The van der Waals surface area contributed by atoms with Gasteiger partial charge in [0, 0.05) is 18.0 Å². The van der Waals surface area contributed by atoms with Crippen molar-refractivity contribution in [2.45, 2.75) is 31.1 Å². The molecule has 3 rings (SSSR count). The van der Waals surface area contributed by atoms with E-state index in [2.05, 4.69) is 100 Å². The fourth-order valence-corrected chi connectivity index (χ4v) is 4.12. The Morgan fingerprint density at radius 1 is 0.679 bits per heavy atom. The third-order valence-electron chi connectivity index (χ3n) is 5.28. The molecule has 0 aromatic heterocycles. The Hall–Kier alpha value is -1.76. The molecule has 0 saturated heterocycles. The summed E-state index contributed by atoms with van der Waals surface area (Å²) in [5, 5.41) is 0. The molecule has 0 fully saturated rings. The Balaban J connectivity index is 0.00000280. The van der Waals surface area contributed by atoms with Crippen molar-refractivity contribution in [3.05, 3.63) is 108 Å². The summed E-state index contributed by atoms with van der Waals surface area (Å²) in [6.07, 6.45) is 4.14. The minimum Gasteiger partial charge on any atom is -0.299 e. The SMILES string of the molecule is Br.O=C(CP)CCCCC(c1ccccc1)(c1ccccc1)c1ccccc1. The molecule has 0 saturated carbocycles. The predicted octanol–water partition coefficient (Wildman–Crippen LogP) is 6.60. The zero-order chi connectivity index (χ0) is 19.0. The van der Waals surface area contributed by atoms with Crippen LogP contribution in [0, 0.1) is 0 Å². The highest BCUT2D eigenvalue weighted by Crippen LogP contribution is 2.43. The van der Waals surface area contributed by atoms with Crippen LogP contribution < -0.4 is 0 Å². The van der Waals surface area contributed by atoms with E-state index in [4.69, 9.17) is 0 Å². The van der Waals surface area contributed by atoms with Gasteiger partial charge in [0.05, 0.1) is 0 Å². The van der Waals surface area contributed by atoms with Gasteiger partial charge < -0.3 is 0 Å². The predicted molar refractivity (Wildman–Crippen MR) is 128 cm³/mol. The van der Waals surface area contributed by atoms with Gasteiger partial charge in [-0.1, -0.05) is 97.4 Å². The van der Waals surface area contributed by atoms with Crippen molar-refractivity contribution in [2.24, 2.45) is 0 Å². The first-order valence-corrected chi connectivity index (χ1v) is 10.5. The van der Waals surface area contributed by atoms with Crippen LogP contribution in [-0.2, 0) is 10.2 Å². The molecule has 0 aliphatic heterocycles. The first-order chi connectivity index (χ1) is 13.3. The average molecular weight is 455 g/mol. The van der Waals surface area contributed by atoms with Crippen molar-refractivity contribution >= 4 is 32.0 Å². The van der Waals surface area contributed by atoms with Crippen molar-refractivity contribution in [1.29, 1.82) is 0 Å². The number of hydrogen-bond donors (Lipinski definition) is 0. The number of halogens is 1. The standard InChI is InChI=1S/C25H27OP.BrH/c26-24(20-27)18-10-11-19-25(21-12-4-1-5-13-21,22-14-6-2-7-15-22)23-16-8-3-9-17-23;/h1-9,12-17H,10-11,18-20,27H2;1H. The average Bonchev–Trinajstić information content (AvgIpc) is 2.75. The van der Waals surface area contributed by atoms with E-state index in [0.29, 0.717) is 18.4 Å². The number of hydrogen-bond acceptors (Lipinski definition) is 1. The van der Waals surface area contributed by atoms with Gasteiger partial charge in [0.15, 0.2) is 0 Å². The quantitative estimate of drug-likeness (QED) is 0.202. The van der Waals surface area contributed by atoms with Gasteiger partial charge in [-0.05, 0) is 29.5 Å². The maximum absolute atomic E-state index is 11.7. The summed E-state index contributed by atoms with van der Waals surface area (Å²) in [7, 11) is 2.53. The van der Waals surface area contributed by atoms with Gasteiger partial charge in [-0.25, -0.2) is 0 Å². The van der Waals surface area contributed by atoms with E-state index < -0.39 is 0 Å². The van der Waals surface area contributed by atoms with E-state index in [-0.39, 0.29) is 22.4 Å². The van der Waals surface area contributed by atoms with E-state index in [9.17, 15) is 4.79 Å². The first kappa shape index (κ1) is 22.5. The lowest BCUT2D eigenvalue weighted by molar-refractivity contribution is -0.116. The van der Waals surface area contributed by atoms with Gasteiger partial charge in [0.2, 0.25) is 0 Å². The Bertz CT molecular complexity index is 738. The summed E-state index contributed by atoms with van der Waals surface area (Å²) < 4.78 is 0. The normalized spacial score (nSPS) is 10.9. The maximum atomic E-state index is 11.7. The molecular weight excluding hydrogens is 427 g/mol. The summed E-state index contributed by atoms with van der Waals surface area (Å²) in [5.41, 5.74) is 3.72. The minimum absolute atomic E-state index is 0. The van der Waals surface area contributed by atoms with Crippen LogP contribution in [0.5, 0.6) is 0 Å². The van der Waals surface area contributed by atoms with Crippen molar-refractivity contribution in [3.63, 3.8) is 0 Å². The third kappa shape index (κ3) is 5.19. The van der Waals surface area contributed by atoms with E-state index in [1.807, 2.05) is 0 Å². The molecule has 3 aromatic rings. The largest absolute Gasteiger partial charge is 0.299 e. The second-order valence-electron chi connectivity index (χ2n) is 6.95. The molecule has 0 amide bonds. The lowest BCUT2D eigenvalue weighted by Gasteiger charge is -2.36. The molecule has 0 aliphatic rings. The molecule has 28 heavy (non-hydrogen) atoms. The van der Waals surface area contributed by atoms with Gasteiger partial charge in [0.1, 0.15) is 5.78 Å². The van der Waals surface area contributed by atoms with Crippen LogP contribution in [0.15, 0.2) is 91.0 Å². The number of benzene rings is 3. The zero-order valence-corrected chi connectivity index (χ0v) is 19.0. The topological polar surface area (TPSA) is 17.1 Å². The molecule has 0 heterocycles. The van der Waals surface area contributed by atoms with Gasteiger partial charge in [-0.2, -0.15) is 0 Å². The molecular formula is C25H28BrOP. The van der Waals surface area contributed by atoms with Crippen molar-refractivity contribution < 1.29 is 4.79 Å². The lowest BCUT2D eigenvalue weighted by atomic mass is 9.66. The zero-order valence-electron chi connectivity index (χ0n) is 16.1. The van der Waals surface area contributed by atoms with E-state index in [0.717, 1.165) is 19.3 Å². The van der Waals surface area contributed by atoms with Crippen LogP contribution in [0.25, 0.3) is 0 Å². The Labute approximate surface area is 181 Å². The number of rotatable bonds is 9. The van der Waals surface area contributed by atoms with Crippen molar-refractivity contribution in [2.75, 3.05) is 6.16 Å². The highest BCUT2D eigenvalue weighted by molar-refractivity contribution is 8.93. The van der Waals surface area contributed by atoms with E-state index in [1.54, 1.807) is 0 Å². The summed E-state index contributed by atoms with van der Waals surface area (Å²) in [4.78, 5) is 11.7. The van der Waals surface area contributed by atoms with Crippen LogP contribution in [0.1, 0.15) is 42.4 Å². The number of unbranched alkanes of at least 4 members (excludes halogenated alkanes) is 1. The Kier molecular flexibility index (Phi) is 9.09. The second-order valence-corrected chi connectivity index (χ2v) is 7.36. The van der Waals surface area contributed by atoms with E-state index in [1.165, 1.54) is 16.7 Å². The van der Waals surface area contributed by atoms with Gasteiger partial charge in [-0.3, -0.25) is 4.79 Å². The van der Waals surface area contributed by atoms with Crippen LogP contribution in [0.2, 0.25) is 0 Å². The molecule has 0 radical (unpaired) electrons. The molecule has 3 aromatic carbocycles. The molecule has 0 aliphatic carbocycles. The van der Waals surface area contributed by atoms with Crippen LogP contribution in [0.4, 0.5) is 0 Å². The summed E-state index contributed by atoms with van der Waals surface area (Å²) in [6, 6.07) is 32.3. The third-order valence-corrected chi connectivity index (χ3v) is 5.74. The molecule has 146 valence electrons. The highest BCUT2D eigenvalue weighted by Gasteiger charge is 2.35.